The molecule has 0 bridgehead atoms. The van der Waals surface area contributed by atoms with Crippen molar-refractivity contribution >= 4 is 21.6 Å². The molecule has 9 heteroatoms. The van der Waals surface area contributed by atoms with Crippen LogP contribution < -0.4 is 9.46 Å². The Labute approximate surface area is 185 Å². The summed E-state index contributed by atoms with van der Waals surface area (Å²) in [5, 5.41) is 0. The zero-order valence-electron chi connectivity index (χ0n) is 17.3. The van der Waals surface area contributed by atoms with Crippen molar-refractivity contribution in [2.24, 2.45) is 0 Å². The molecule has 6 nitrogen and oxygen atoms in total. The van der Waals surface area contributed by atoms with Gasteiger partial charge in [0.2, 0.25) is 0 Å². The second-order valence-electron chi connectivity index (χ2n) is 7.00. The van der Waals surface area contributed by atoms with Crippen molar-refractivity contribution in [1.29, 1.82) is 0 Å². The van der Waals surface area contributed by atoms with E-state index in [1.54, 1.807) is 7.05 Å². The van der Waals surface area contributed by atoms with Gasteiger partial charge < -0.3 is 9.64 Å². The minimum atomic E-state index is -4.08. The second-order valence-corrected chi connectivity index (χ2v) is 8.68. The van der Waals surface area contributed by atoms with Gasteiger partial charge >= 0.3 is 0 Å². The number of amides is 1. The maximum atomic E-state index is 13.8. The molecule has 0 unspecified atom stereocenters. The molecule has 0 aliphatic carbocycles. The molecule has 32 heavy (non-hydrogen) atoms. The zero-order chi connectivity index (χ0) is 23.1. The lowest BCUT2D eigenvalue weighted by Gasteiger charge is -2.18. The third-order valence-corrected chi connectivity index (χ3v) is 5.94. The van der Waals surface area contributed by atoms with Gasteiger partial charge in [0.15, 0.2) is 0 Å². The van der Waals surface area contributed by atoms with Crippen molar-refractivity contribution in [3.05, 3.63) is 90.0 Å². The number of carbonyl (C=O) groups is 1. The summed E-state index contributed by atoms with van der Waals surface area (Å²) in [6.45, 7) is 0.689. The molecule has 1 N–H and O–H groups in total. The molecule has 0 fully saturated rings. The quantitative estimate of drug-likeness (QED) is 0.483. The van der Waals surface area contributed by atoms with Crippen LogP contribution in [0.3, 0.4) is 0 Å². The van der Waals surface area contributed by atoms with Crippen LogP contribution in [0.2, 0.25) is 0 Å². The number of anilines is 1. The van der Waals surface area contributed by atoms with Crippen molar-refractivity contribution in [2.75, 3.05) is 24.9 Å². The van der Waals surface area contributed by atoms with Crippen LogP contribution in [0.1, 0.15) is 16.8 Å². The van der Waals surface area contributed by atoms with Crippen molar-refractivity contribution < 1.29 is 26.7 Å². The number of para-hydroxylation sites is 1. The van der Waals surface area contributed by atoms with E-state index >= 15 is 0 Å². The Balaban J connectivity index is 1.60. The van der Waals surface area contributed by atoms with Gasteiger partial charge in [-0.25, -0.2) is 17.2 Å². The van der Waals surface area contributed by atoms with Gasteiger partial charge in [0.25, 0.3) is 15.9 Å². The van der Waals surface area contributed by atoms with E-state index in [0.29, 0.717) is 25.3 Å². The average Bonchev–Trinajstić information content (AvgIpc) is 2.79. The van der Waals surface area contributed by atoms with Gasteiger partial charge in [-0.3, -0.25) is 9.52 Å². The normalized spacial score (nSPS) is 11.1. The van der Waals surface area contributed by atoms with E-state index in [1.807, 2.05) is 0 Å². The lowest BCUT2D eigenvalue weighted by molar-refractivity contribution is 0.0787. The summed E-state index contributed by atoms with van der Waals surface area (Å²) in [5.74, 6) is -0.891. The number of halogens is 2. The van der Waals surface area contributed by atoms with Crippen LogP contribution in [0.25, 0.3) is 0 Å². The number of sulfonamides is 1. The fourth-order valence-corrected chi connectivity index (χ4v) is 4.00. The van der Waals surface area contributed by atoms with E-state index in [0.717, 1.165) is 6.07 Å². The highest BCUT2D eigenvalue weighted by Crippen LogP contribution is 2.20. The van der Waals surface area contributed by atoms with E-state index in [1.165, 1.54) is 71.6 Å². The zero-order valence-corrected chi connectivity index (χ0v) is 18.1. The summed E-state index contributed by atoms with van der Waals surface area (Å²) < 4.78 is 59.7. The number of hydrogen-bond acceptors (Lipinski definition) is 4. The van der Waals surface area contributed by atoms with E-state index in [4.69, 9.17) is 4.74 Å². The Kier molecular flexibility index (Phi) is 7.42. The van der Waals surface area contributed by atoms with Gasteiger partial charge in [0.05, 0.1) is 17.2 Å². The number of hydrogen-bond donors (Lipinski definition) is 1. The number of benzene rings is 3. The molecule has 0 atom stereocenters. The Morgan fingerprint density at radius 3 is 2.44 bits per heavy atom. The number of ether oxygens (including phenoxy) is 1. The van der Waals surface area contributed by atoms with Crippen molar-refractivity contribution in [2.45, 2.75) is 11.3 Å². The van der Waals surface area contributed by atoms with E-state index < -0.39 is 15.8 Å². The summed E-state index contributed by atoms with van der Waals surface area (Å²) in [6.07, 6.45) is 0.520. The standard InChI is InChI=1S/C23H22F2N2O4S/c1-27(14-5-15-31-19-12-10-18(24)11-13-19)23(28)17-6-4-7-20(16-17)32(29,30)26-22-9-3-2-8-21(22)25/h2-4,6-13,16,26H,5,14-15H2,1H3. The molecule has 0 heterocycles. The fraction of sp³-hybridized carbons (Fsp3) is 0.174. The molecule has 168 valence electrons. The van der Waals surface area contributed by atoms with Crippen LogP contribution in [0.15, 0.2) is 77.7 Å². The summed E-state index contributed by atoms with van der Waals surface area (Å²) in [6, 6.07) is 16.6. The molecule has 0 spiro atoms. The molecule has 0 radical (unpaired) electrons. The predicted molar refractivity (Wildman–Crippen MR) is 117 cm³/mol. The summed E-state index contributed by atoms with van der Waals surface area (Å²) in [4.78, 5) is 14.0. The monoisotopic (exact) mass is 460 g/mol. The first-order chi connectivity index (χ1) is 15.3. The average molecular weight is 461 g/mol. The molecular weight excluding hydrogens is 438 g/mol. The Morgan fingerprint density at radius 2 is 1.72 bits per heavy atom. The van der Waals surface area contributed by atoms with Crippen LogP contribution >= 0.6 is 0 Å². The van der Waals surface area contributed by atoms with E-state index in [2.05, 4.69) is 4.72 Å². The highest BCUT2D eigenvalue weighted by atomic mass is 32.2. The third kappa shape index (κ3) is 6.04. The van der Waals surface area contributed by atoms with E-state index in [9.17, 15) is 22.0 Å². The Hall–Kier alpha value is -3.46. The fourth-order valence-electron chi connectivity index (χ4n) is 2.89. The molecule has 1 amide bonds. The van der Waals surface area contributed by atoms with Crippen LogP contribution in [-0.4, -0.2) is 39.4 Å². The molecule has 0 saturated carbocycles. The first-order valence-corrected chi connectivity index (χ1v) is 11.3. The van der Waals surface area contributed by atoms with Crippen molar-refractivity contribution in [1.82, 2.24) is 4.90 Å². The molecule has 3 aromatic carbocycles. The topological polar surface area (TPSA) is 75.7 Å². The lowest BCUT2D eigenvalue weighted by Crippen LogP contribution is -2.29. The Morgan fingerprint density at radius 1 is 1.00 bits per heavy atom. The summed E-state index contributed by atoms with van der Waals surface area (Å²) in [7, 11) is -2.48. The third-order valence-electron chi connectivity index (χ3n) is 4.58. The number of rotatable bonds is 9. The van der Waals surface area contributed by atoms with Gasteiger partial charge in [0, 0.05) is 19.2 Å². The predicted octanol–water partition coefficient (Wildman–Crippen LogP) is 4.31. The van der Waals surface area contributed by atoms with E-state index in [-0.39, 0.29) is 27.9 Å². The molecule has 3 aromatic rings. The smallest absolute Gasteiger partial charge is 0.262 e. The highest BCUT2D eigenvalue weighted by Gasteiger charge is 2.19. The van der Waals surface area contributed by atoms with Gasteiger partial charge in [-0.2, -0.15) is 0 Å². The van der Waals surface area contributed by atoms with Gasteiger partial charge in [-0.1, -0.05) is 18.2 Å². The molecule has 0 aromatic heterocycles. The van der Waals surface area contributed by atoms with Crippen molar-refractivity contribution in [3.8, 4) is 5.75 Å². The second kappa shape index (κ2) is 10.2. The highest BCUT2D eigenvalue weighted by molar-refractivity contribution is 7.92. The molecule has 0 aliphatic heterocycles. The molecular formula is C23H22F2N2O4S. The number of nitrogens with one attached hydrogen (secondary N) is 1. The first kappa shape index (κ1) is 23.2. The minimum absolute atomic E-state index is 0.153. The number of nitrogens with zero attached hydrogens (tertiary/aromatic N) is 1. The van der Waals surface area contributed by atoms with Crippen LogP contribution in [0.4, 0.5) is 14.5 Å². The first-order valence-electron chi connectivity index (χ1n) is 9.77. The summed E-state index contributed by atoms with van der Waals surface area (Å²) in [5.41, 5.74) is 0.00543. The molecule has 0 aliphatic rings. The molecule has 0 saturated heterocycles. The van der Waals surface area contributed by atoms with Gasteiger partial charge in [0.1, 0.15) is 17.4 Å². The van der Waals surface area contributed by atoms with Gasteiger partial charge in [-0.15, -0.1) is 0 Å². The number of carbonyl (C=O) groups excluding carboxylic acids is 1. The van der Waals surface area contributed by atoms with Crippen molar-refractivity contribution in [3.63, 3.8) is 0 Å². The van der Waals surface area contributed by atoms with Crippen LogP contribution in [0, 0.1) is 11.6 Å². The largest absolute Gasteiger partial charge is 0.494 e. The minimum Gasteiger partial charge on any atom is -0.494 e. The maximum absolute atomic E-state index is 13.8. The van der Waals surface area contributed by atoms with Gasteiger partial charge in [-0.05, 0) is 61.0 Å². The van der Waals surface area contributed by atoms with Crippen LogP contribution in [-0.2, 0) is 10.0 Å². The SMILES string of the molecule is CN(CCCOc1ccc(F)cc1)C(=O)c1cccc(S(=O)(=O)Nc2ccccc2F)c1. The summed E-state index contributed by atoms with van der Waals surface area (Å²) >= 11 is 0. The molecule has 3 rings (SSSR count). The van der Waals surface area contributed by atoms with Crippen LogP contribution in [0.5, 0.6) is 5.75 Å². The Bertz CT molecular complexity index is 1180. The maximum Gasteiger partial charge on any atom is 0.262 e. The lowest BCUT2D eigenvalue weighted by atomic mass is 10.2.